The van der Waals surface area contributed by atoms with Crippen molar-refractivity contribution >= 4 is 17.6 Å². The fourth-order valence-corrected chi connectivity index (χ4v) is 5.84. The van der Waals surface area contributed by atoms with Crippen molar-refractivity contribution in [3.05, 3.63) is 52.6 Å². The van der Waals surface area contributed by atoms with Gasteiger partial charge in [0, 0.05) is 23.7 Å². The van der Waals surface area contributed by atoms with Gasteiger partial charge in [-0.3, -0.25) is 0 Å². The second kappa shape index (κ2) is 7.45. The summed E-state index contributed by atoms with van der Waals surface area (Å²) >= 11 is 6.07. The monoisotopic (exact) mass is 447 g/mol. The van der Waals surface area contributed by atoms with Crippen molar-refractivity contribution in [2.24, 2.45) is 22.1 Å². The maximum Gasteiger partial charge on any atom is 0.283 e. The van der Waals surface area contributed by atoms with E-state index in [-0.39, 0.29) is 28.6 Å². The van der Waals surface area contributed by atoms with Crippen LogP contribution in [0.2, 0.25) is 5.02 Å². The van der Waals surface area contributed by atoms with Crippen molar-refractivity contribution in [2.75, 3.05) is 13.1 Å². The highest BCUT2D eigenvalue weighted by Gasteiger charge is 2.62. The Labute approximate surface area is 192 Å². The first kappa shape index (κ1) is 16.5. The van der Waals surface area contributed by atoms with Crippen molar-refractivity contribution in [3.63, 3.8) is 0 Å². The summed E-state index contributed by atoms with van der Waals surface area (Å²) in [6.07, 6.45) is 3.07. The molecule has 4 atom stereocenters. The van der Waals surface area contributed by atoms with E-state index >= 15 is 0 Å². The summed E-state index contributed by atoms with van der Waals surface area (Å²) in [6, 6.07) is 6.68. The molecule has 5 rings (SSSR count). The number of nitrogens with zero attached hydrogens (tertiary/aromatic N) is 2. The fraction of sp³-hybridized carbons (Fsp3) is 0.500. The first-order valence-corrected chi connectivity index (χ1v) is 10.8. The molecule has 1 aromatic heterocycles. The van der Waals surface area contributed by atoms with Gasteiger partial charge in [-0.15, -0.1) is 0 Å². The Morgan fingerprint density at radius 3 is 3.00 bits per heavy atom. The van der Waals surface area contributed by atoms with Crippen molar-refractivity contribution < 1.29 is 19.3 Å². The number of amidine groups is 1. The summed E-state index contributed by atoms with van der Waals surface area (Å²) in [7, 11) is 0. The summed E-state index contributed by atoms with van der Waals surface area (Å²) in [5.74, 6) is -0.739. The minimum atomic E-state index is -2.24. The Hall–Kier alpha value is -2.18. The Morgan fingerprint density at radius 2 is 2.29 bits per heavy atom. The number of nitrogens with two attached hydrogens (primary N) is 1. The summed E-state index contributed by atoms with van der Waals surface area (Å²) in [4.78, 5) is 8.37. The van der Waals surface area contributed by atoms with E-state index in [1.807, 2.05) is 13.0 Å². The molecule has 2 aliphatic carbocycles. The second-order valence-corrected chi connectivity index (χ2v) is 9.20. The van der Waals surface area contributed by atoms with Crippen molar-refractivity contribution in [2.45, 2.75) is 51.2 Å². The Morgan fingerprint density at radius 1 is 1.45 bits per heavy atom. The number of aromatic nitrogens is 1. The minimum absolute atomic E-state index is 0.0631. The molecule has 2 N–H and O–H groups in total. The van der Waals surface area contributed by atoms with Gasteiger partial charge < -0.3 is 15.2 Å². The normalized spacial score (nSPS) is 35.7. The minimum Gasteiger partial charge on any atom is -0.462 e. The maximum absolute atomic E-state index is 14.6. The molecular formula is C24H27ClFN3O2. The van der Waals surface area contributed by atoms with Crippen LogP contribution < -0.4 is 5.73 Å². The molecule has 2 heterocycles. The standard InChI is InChI=1S/C24H27ClFN3O2/c1-3-30-20-6-7-23(10-14(20)2)11-16-5-4-15(18-9-17(25)12-28-21(18)26)8-19(16)24(23)13-31-22(27)29-24/h4-5,8-9,12,14,20H,3,6-7,10-11,13H2,1-2H3,(H2,27,29)/t14-,20-,23-,24-/m0/s1/i3D2,13D2. The number of ether oxygens (including phenoxy) is 2. The number of benzene rings is 1. The van der Waals surface area contributed by atoms with E-state index < -0.39 is 30.0 Å². The molecule has 0 saturated heterocycles. The van der Waals surface area contributed by atoms with E-state index in [9.17, 15) is 4.39 Å². The highest BCUT2D eigenvalue weighted by Crippen LogP contribution is 2.62. The molecule has 1 fully saturated rings. The lowest BCUT2D eigenvalue weighted by Gasteiger charge is -2.48. The van der Waals surface area contributed by atoms with Crippen molar-refractivity contribution in [1.29, 1.82) is 0 Å². The summed E-state index contributed by atoms with van der Waals surface area (Å²) in [5.41, 5.74) is 6.08. The highest BCUT2D eigenvalue weighted by molar-refractivity contribution is 6.30. The van der Waals surface area contributed by atoms with Gasteiger partial charge in [-0.2, -0.15) is 4.39 Å². The SMILES string of the molecule is [2H]C([2H])(C)O[C@H]1CC[C@@]2(Cc3ccc(-c4cc(Cl)cnc4F)cc3[C@]23N=C(N)OC3([2H])[2H])C[C@@H]1C. The average molecular weight is 448 g/mol. The molecule has 1 saturated carbocycles. The van der Waals surface area contributed by atoms with E-state index in [1.165, 1.54) is 19.2 Å². The molecule has 164 valence electrons. The van der Waals surface area contributed by atoms with Crippen LogP contribution in [0.3, 0.4) is 0 Å². The zero-order valence-electron chi connectivity index (χ0n) is 21.4. The lowest BCUT2D eigenvalue weighted by molar-refractivity contribution is -0.0588. The molecule has 0 amide bonds. The number of halogens is 2. The van der Waals surface area contributed by atoms with Crippen LogP contribution >= 0.6 is 11.6 Å². The molecule has 7 heteroatoms. The number of rotatable bonds is 3. The van der Waals surface area contributed by atoms with Gasteiger partial charge in [0.1, 0.15) is 12.1 Å². The van der Waals surface area contributed by atoms with Crippen molar-refractivity contribution in [3.8, 4) is 11.1 Å². The van der Waals surface area contributed by atoms with Gasteiger partial charge in [0.15, 0.2) is 0 Å². The molecule has 2 spiro atoms. The molecule has 0 unspecified atom stereocenters. The van der Waals surface area contributed by atoms with Gasteiger partial charge in [0.2, 0.25) is 5.95 Å². The van der Waals surface area contributed by atoms with Crippen LogP contribution in [-0.2, 0) is 21.4 Å². The molecule has 3 aliphatic rings. The maximum atomic E-state index is 14.6. The van der Waals surface area contributed by atoms with Gasteiger partial charge in [0.25, 0.3) is 6.02 Å². The van der Waals surface area contributed by atoms with E-state index in [2.05, 4.69) is 9.98 Å². The van der Waals surface area contributed by atoms with Crippen LogP contribution in [0, 0.1) is 17.3 Å². The van der Waals surface area contributed by atoms with Crippen LogP contribution in [0.4, 0.5) is 4.39 Å². The van der Waals surface area contributed by atoms with Gasteiger partial charge in [-0.1, -0.05) is 30.7 Å². The number of aliphatic imine (C=N–C) groups is 1. The summed E-state index contributed by atoms with van der Waals surface area (Å²) in [6.45, 7) is -0.627. The van der Waals surface area contributed by atoms with Crippen LogP contribution in [0.15, 0.2) is 35.5 Å². The number of pyridine rings is 1. The van der Waals surface area contributed by atoms with Crippen LogP contribution in [0.25, 0.3) is 11.1 Å². The smallest absolute Gasteiger partial charge is 0.283 e. The van der Waals surface area contributed by atoms with Gasteiger partial charge >= 0.3 is 0 Å². The third-order valence-corrected chi connectivity index (χ3v) is 7.22. The zero-order valence-corrected chi connectivity index (χ0v) is 18.2. The Kier molecular flexibility index (Phi) is 3.96. The van der Waals surface area contributed by atoms with Gasteiger partial charge in [0.05, 0.1) is 16.6 Å². The van der Waals surface area contributed by atoms with Crippen LogP contribution in [-0.4, -0.2) is 30.2 Å². The summed E-state index contributed by atoms with van der Waals surface area (Å²) in [5, 5.41) is 0.290. The van der Waals surface area contributed by atoms with E-state index in [4.69, 9.17) is 32.3 Å². The van der Waals surface area contributed by atoms with E-state index in [1.54, 1.807) is 12.1 Å². The number of hydrogen-bond acceptors (Lipinski definition) is 5. The average Bonchev–Trinajstić information content (AvgIpc) is 3.15. The van der Waals surface area contributed by atoms with Crippen molar-refractivity contribution in [1.82, 2.24) is 4.98 Å². The predicted octanol–water partition coefficient (Wildman–Crippen LogP) is 4.85. The number of hydrogen-bond donors (Lipinski definition) is 1. The third kappa shape index (κ3) is 3.14. The lowest BCUT2D eigenvalue weighted by Crippen LogP contribution is -2.48. The Bertz CT molecular complexity index is 1220. The fourth-order valence-electron chi connectivity index (χ4n) is 5.69. The second-order valence-electron chi connectivity index (χ2n) is 8.77. The van der Waals surface area contributed by atoms with Gasteiger partial charge in [-0.25, -0.2) is 9.98 Å². The molecule has 5 nitrogen and oxygen atoms in total. The quantitative estimate of drug-likeness (QED) is 0.683. The zero-order chi connectivity index (χ0) is 25.4. The third-order valence-electron chi connectivity index (χ3n) is 7.02. The first-order valence-electron chi connectivity index (χ1n) is 12.4. The predicted molar refractivity (Wildman–Crippen MR) is 118 cm³/mol. The van der Waals surface area contributed by atoms with E-state index in [0.717, 1.165) is 5.56 Å². The first-order chi connectivity index (χ1) is 16.3. The van der Waals surface area contributed by atoms with E-state index in [0.29, 0.717) is 36.8 Å². The van der Waals surface area contributed by atoms with Crippen LogP contribution in [0.1, 0.15) is 49.7 Å². The molecule has 1 aromatic carbocycles. The van der Waals surface area contributed by atoms with Gasteiger partial charge in [-0.05, 0) is 67.3 Å². The molecule has 0 radical (unpaired) electrons. The van der Waals surface area contributed by atoms with Crippen LogP contribution in [0.5, 0.6) is 0 Å². The lowest BCUT2D eigenvalue weighted by atomic mass is 9.59. The molecule has 2 aromatic rings. The number of fused-ring (bicyclic) bond motifs is 3. The molecular weight excluding hydrogens is 417 g/mol. The highest BCUT2D eigenvalue weighted by atomic mass is 35.5. The molecule has 0 bridgehead atoms. The molecule has 1 aliphatic heterocycles. The summed E-state index contributed by atoms with van der Waals surface area (Å²) < 4.78 is 59.3. The topological polar surface area (TPSA) is 69.7 Å². The Balaban J connectivity index is 1.64. The molecule has 31 heavy (non-hydrogen) atoms. The largest absolute Gasteiger partial charge is 0.462 e.